The Bertz CT molecular complexity index is 729. The van der Waals surface area contributed by atoms with E-state index in [1.165, 1.54) is 6.92 Å². The van der Waals surface area contributed by atoms with Crippen molar-refractivity contribution in [1.82, 2.24) is 4.98 Å². The van der Waals surface area contributed by atoms with Gasteiger partial charge in [0, 0.05) is 16.5 Å². The number of hydrogen-bond acceptors (Lipinski definition) is 5. The molecular weight excluding hydrogens is 298 g/mol. The first kappa shape index (κ1) is 16.7. The molecule has 0 spiro atoms. The summed E-state index contributed by atoms with van der Waals surface area (Å²) in [6, 6.07) is 7.08. The van der Waals surface area contributed by atoms with Crippen molar-refractivity contribution in [2.24, 2.45) is 0 Å². The zero-order valence-corrected chi connectivity index (χ0v) is 13.3. The lowest BCUT2D eigenvalue weighted by Gasteiger charge is -2.24. The van der Waals surface area contributed by atoms with E-state index in [0.29, 0.717) is 17.2 Å². The average molecular weight is 317 g/mol. The van der Waals surface area contributed by atoms with Gasteiger partial charge in [0.15, 0.2) is 6.29 Å². The maximum Gasteiger partial charge on any atom is 0.329 e. The number of aromatic nitrogens is 1. The zero-order chi connectivity index (χ0) is 17.0. The molecule has 23 heavy (non-hydrogen) atoms. The standard InChI is InChI=1S/C17H19NO5/c1-4-22-15(20)17(3,16(21)23-5-2)14-12(10-19)11-8-6-7-9-13(11)18-14/h6-10,18H,4-5H2,1-3H3. The fourth-order valence-electron chi connectivity index (χ4n) is 2.52. The number of H-pyrrole nitrogens is 1. The SMILES string of the molecule is CCOC(=O)C(C)(C(=O)OCC)c1[nH]c2ccccc2c1C=O. The molecule has 2 rings (SSSR count). The van der Waals surface area contributed by atoms with Gasteiger partial charge in [0.05, 0.1) is 18.9 Å². The summed E-state index contributed by atoms with van der Waals surface area (Å²) in [4.78, 5) is 39.5. The highest BCUT2D eigenvalue weighted by molar-refractivity contribution is 6.10. The van der Waals surface area contributed by atoms with Gasteiger partial charge >= 0.3 is 11.9 Å². The van der Waals surface area contributed by atoms with E-state index in [0.717, 1.165) is 0 Å². The first-order valence-electron chi connectivity index (χ1n) is 7.41. The van der Waals surface area contributed by atoms with Gasteiger partial charge in [-0.05, 0) is 26.8 Å². The molecule has 0 atom stereocenters. The van der Waals surface area contributed by atoms with E-state index in [-0.39, 0.29) is 24.5 Å². The first-order chi connectivity index (χ1) is 11.0. The summed E-state index contributed by atoms with van der Waals surface area (Å²) in [6.07, 6.45) is 0.630. The van der Waals surface area contributed by atoms with Crippen molar-refractivity contribution in [3.8, 4) is 0 Å². The van der Waals surface area contributed by atoms with E-state index in [2.05, 4.69) is 4.98 Å². The topological polar surface area (TPSA) is 85.5 Å². The fourth-order valence-corrected chi connectivity index (χ4v) is 2.52. The van der Waals surface area contributed by atoms with Crippen molar-refractivity contribution < 1.29 is 23.9 Å². The van der Waals surface area contributed by atoms with Crippen molar-refractivity contribution >= 4 is 29.1 Å². The Morgan fingerprint density at radius 2 is 1.70 bits per heavy atom. The summed E-state index contributed by atoms with van der Waals surface area (Å²) in [5, 5.41) is 0.636. The van der Waals surface area contributed by atoms with Gasteiger partial charge in [-0.1, -0.05) is 18.2 Å². The third kappa shape index (κ3) is 2.72. The van der Waals surface area contributed by atoms with Gasteiger partial charge in [0.2, 0.25) is 5.41 Å². The normalized spacial score (nSPS) is 11.3. The minimum absolute atomic E-state index is 0.116. The molecule has 122 valence electrons. The predicted octanol–water partition coefficient (Wildman–Crippen LogP) is 2.36. The highest BCUT2D eigenvalue weighted by atomic mass is 16.6. The molecule has 0 unspecified atom stereocenters. The molecule has 0 radical (unpaired) electrons. The molecule has 0 saturated heterocycles. The maximum absolute atomic E-state index is 12.5. The van der Waals surface area contributed by atoms with E-state index in [9.17, 15) is 14.4 Å². The molecule has 6 nitrogen and oxygen atoms in total. The van der Waals surface area contributed by atoms with E-state index >= 15 is 0 Å². The number of hydrogen-bond donors (Lipinski definition) is 1. The lowest BCUT2D eigenvalue weighted by Crippen LogP contribution is -2.44. The minimum Gasteiger partial charge on any atom is -0.465 e. The van der Waals surface area contributed by atoms with Gasteiger partial charge in [-0.15, -0.1) is 0 Å². The van der Waals surface area contributed by atoms with Crippen LogP contribution in [0.2, 0.25) is 0 Å². The molecule has 1 aromatic heterocycles. The number of carbonyl (C=O) groups excluding carboxylic acids is 3. The first-order valence-corrected chi connectivity index (χ1v) is 7.41. The molecule has 0 amide bonds. The largest absolute Gasteiger partial charge is 0.465 e. The van der Waals surface area contributed by atoms with Gasteiger partial charge in [0.1, 0.15) is 0 Å². The van der Waals surface area contributed by atoms with Crippen LogP contribution in [-0.2, 0) is 24.5 Å². The molecule has 0 aliphatic heterocycles. The van der Waals surface area contributed by atoms with Crippen LogP contribution in [0.4, 0.5) is 0 Å². The van der Waals surface area contributed by atoms with Crippen LogP contribution < -0.4 is 0 Å². The van der Waals surface area contributed by atoms with Crippen LogP contribution in [-0.4, -0.2) is 36.4 Å². The third-order valence-corrected chi connectivity index (χ3v) is 3.73. The Hall–Kier alpha value is -2.63. The summed E-state index contributed by atoms with van der Waals surface area (Å²) in [7, 11) is 0. The third-order valence-electron chi connectivity index (χ3n) is 3.73. The van der Waals surface area contributed by atoms with Crippen molar-refractivity contribution in [2.75, 3.05) is 13.2 Å². The van der Waals surface area contributed by atoms with Gasteiger partial charge in [-0.3, -0.25) is 14.4 Å². The lowest BCUT2D eigenvalue weighted by atomic mass is 9.84. The summed E-state index contributed by atoms with van der Waals surface area (Å²) < 4.78 is 10.1. The average Bonchev–Trinajstić information content (AvgIpc) is 2.93. The Balaban J connectivity index is 2.71. The Morgan fingerprint density at radius 1 is 1.13 bits per heavy atom. The molecule has 1 aromatic carbocycles. The smallest absolute Gasteiger partial charge is 0.329 e. The van der Waals surface area contributed by atoms with Crippen LogP contribution in [0.3, 0.4) is 0 Å². The zero-order valence-electron chi connectivity index (χ0n) is 13.3. The Kier molecular flexibility index (Phi) is 4.83. The van der Waals surface area contributed by atoms with Crippen LogP contribution in [0.15, 0.2) is 24.3 Å². The van der Waals surface area contributed by atoms with Gasteiger partial charge < -0.3 is 14.5 Å². The summed E-state index contributed by atoms with van der Waals surface area (Å²) in [5.41, 5.74) is -0.638. The fraction of sp³-hybridized carbons (Fsp3) is 0.353. The number of ether oxygens (including phenoxy) is 2. The monoisotopic (exact) mass is 317 g/mol. The molecule has 6 heteroatoms. The molecule has 0 aliphatic rings. The number of para-hydroxylation sites is 1. The van der Waals surface area contributed by atoms with Crippen LogP contribution in [0.1, 0.15) is 36.8 Å². The Morgan fingerprint density at radius 3 is 2.22 bits per heavy atom. The number of aldehydes is 1. The number of benzene rings is 1. The van der Waals surface area contributed by atoms with Crippen molar-refractivity contribution in [1.29, 1.82) is 0 Å². The quantitative estimate of drug-likeness (QED) is 0.502. The van der Waals surface area contributed by atoms with Crippen LogP contribution in [0.5, 0.6) is 0 Å². The molecule has 0 saturated carbocycles. The maximum atomic E-state index is 12.5. The van der Waals surface area contributed by atoms with Gasteiger partial charge in [0.25, 0.3) is 0 Å². The summed E-state index contributed by atoms with van der Waals surface area (Å²) >= 11 is 0. The molecule has 2 aromatic rings. The van der Waals surface area contributed by atoms with Gasteiger partial charge in [-0.2, -0.15) is 0 Å². The number of nitrogens with one attached hydrogen (secondary N) is 1. The molecular formula is C17H19NO5. The second-order valence-electron chi connectivity index (χ2n) is 5.14. The van der Waals surface area contributed by atoms with Crippen LogP contribution >= 0.6 is 0 Å². The van der Waals surface area contributed by atoms with Gasteiger partial charge in [-0.25, -0.2) is 0 Å². The van der Waals surface area contributed by atoms with E-state index in [4.69, 9.17) is 9.47 Å². The highest BCUT2D eigenvalue weighted by Gasteiger charge is 2.49. The predicted molar refractivity (Wildman–Crippen MR) is 84.3 cm³/mol. The molecule has 1 N–H and O–H groups in total. The second kappa shape index (κ2) is 6.64. The highest BCUT2D eigenvalue weighted by Crippen LogP contribution is 2.33. The van der Waals surface area contributed by atoms with E-state index in [1.54, 1.807) is 38.1 Å². The Labute approximate surface area is 133 Å². The molecule has 0 bridgehead atoms. The lowest BCUT2D eigenvalue weighted by molar-refractivity contribution is -0.164. The van der Waals surface area contributed by atoms with Crippen molar-refractivity contribution in [3.63, 3.8) is 0 Å². The van der Waals surface area contributed by atoms with E-state index in [1.807, 2.05) is 0 Å². The number of aromatic amines is 1. The minimum atomic E-state index is -1.73. The van der Waals surface area contributed by atoms with E-state index < -0.39 is 17.4 Å². The molecule has 1 heterocycles. The second-order valence-corrected chi connectivity index (χ2v) is 5.14. The number of rotatable bonds is 6. The number of esters is 2. The number of carbonyl (C=O) groups is 3. The molecule has 0 aliphatic carbocycles. The molecule has 0 fully saturated rings. The summed E-state index contributed by atoms with van der Waals surface area (Å²) in [6.45, 7) is 4.93. The van der Waals surface area contributed by atoms with Crippen LogP contribution in [0.25, 0.3) is 10.9 Å². The number of fused-ring (bicyclic) bond motifs is 1. The van der Waals surface area contributed by atoms with Crippen molar-refractivity contribution in [2.45, 2.75) is 26.2 Å². The van der Waals surface area contributed by atoms with Crippen LogP contribution in [0, 0.1) is 0 Å². The summed E-state index contributed by atoms with van der Waals surface area (Å²) in [5.74, 6) is -1.51. The van der Waals surface area contributed by atoms with Crippen molar-refractivity contribution in [3.05, 3.63) is 35.5 Å².